The van der Waals surface area contributed by atoms with E-state index >= 15 is 0 Å². The molecular formula is C16H11F3N2O3. The van der Waals surface area contributed by atoms with E-state index in [1.165, 1.54) is 25.3 Å². The highest BCUT2D eigenvalue weighted by molar-refractivity contribution is 5.90. The zero-order chi connectivity index (χ0) is 17.9. The Morgan fingerprint density at radius 2 is 2.08 bits per heavy atom. The van der Waals surface area contributed by atoms with E-state index in [2.05, 4.69) is 0 Å². The summed E-state index contributed by atoms with van der Waals surface area (Å²) in [5.41, 5.74) is -3.16. The standard InChI is InChI=1S/C16H11F3N2O3/c1-24-13-7-9(2-3-11(13)22)6-10(8-20)14-12(23)4-5-21-15(14)16(17,18)19/h2-7,22H,1H3,(H,21,23)/b10-6+. The lowest BCUT2D eigenvalue weighted by Gasteiger charge is -2.11. The van der Waals surface area contributed by atoms with Crippen LogP contribution in [0.2, 0.25) is 0 Å². The highest BCUT2D eigenvalue weighted by Gasteiger charge is 2.36. The number of hydrogen-bond acceptors (Lipinski definition) is 4. The normalized spacial score (nSPS) is 11.9. The van der Waals surface area contributed by atoms with E-state index in [1.807, 2.05) is 4.98 Å². The molecule has 0 aliphatic carbocycles. The van der Waals surface area contributed by atoms with Crippen LogP contribution in [-0.2, 0) is 6.18 Å². The van der Waals surface area contributed by atoms with Crippen LogP contribution in [0.15, 0.2) is 35.3 Å². The lowest BCUT2D eigenvalue weighted by Crippen LogP contribution is -2.19. The van der Waals surface area contributed by atoms with Crippen molar-refractivity contribution in [2.75, 3.05) is 7.11 Å². The molecule has 2 rings (SSSR count). The number of aromatic nitrogens is 1. The molecule has 0 aliphatic rings. The van der Waals surface area contributed by atoms with Crippen molar-refractivity contribution in [1.82, 2.24) is 4.98 Å². The zero-order valence-electron chi connectivity index (χ0n) is 12.3. The van der Waals surface area contributed by atoms with E-state index in [-0.39, 0.29) is 17.1 Å². The molecule has 24 heavy (non-hydrogen) atoms. The Morgan fingerprint density at radius 1 is 1.38 bits per heavy atom. The molecule has 0 saturated carbocycles. The minimum Gasteiger partial charge on any atom is -0.504 e. The van der Waals surface area contributed by atoms with Crippen molar-refractivity contribution in [3.63, 3.8) is 0 Å². The Bertz CT molecular complexity index is 893. The largest absolute Gasteiger partial charge is 0.504 e. The van der Waals surface area contributed by atoms with E-state index in [0.717, 1.165) is 18.3 Å². The maximum Gasteiger partial charge on any atom is 0.432 e. The van der Waals surface area contributed by atoms with Gasteiger partial charge in [-0.3, -0.25) is 4.79 Å². The van der Waals surface area contributed by atoms with Crippen molar-refractivity contribution in [3.05, 3.63) is 57.5 Å². The number of nitriles is 1. The minimum absolute atomic E-state index is 0.0825. The average Bonchev–Trinajstić information content (AvgIpc) is 2.53. The number of benzene rings is 1. The first-order chi connectivity index (χ1) is 11.3. The van der Waals surface area contributed by atoms with E-state index in [4.69, 9.17) is 4.74 Å². The fourth-order valence-corrected chi connectivity index (χ4v) is 2.08. The van der Waals surface area contributed by atoms with Crippen molar-refractivity contribution in [1.29, 1.82) is 5.26 Å². The van der Waals surface area contributed by atoms with Crippen molar-refractivity contribution in [2.24, 2.45) is 0 Å². The van der Waals surface area contributed by atoms with Gasteiger partial charge in [0, 0.05) is 12.3 Å². The molecular weight excluding hydrogens is 325 g/mol. The maximum absolute atomic E-state index is 13.1. The summed E-state index contributed by atoms with van der Waals surface area (Å²) in [7, 11) is 1.30. The number of methoxy groups -OCH3 is 1. The number of aromatic amines is 1. The van der Waals surface area contributed by atoms with Gasteiger partial charge in [0.2, 0.25) is 0 Å². The Labute approximate surface area is 134 Å². The quantitative estimate of drug-likeness (QED) is 0.843. The van der Waals surface area contributed by atoms with Crippen molar-refractivity contribution >= 4 is 11.6 Å². The summed E-state index contributed by atoms with van der Waals surface area (Å²) < 4.78 is 44.1. The van der Waals surface area contributed by atoms with E-state index in [1.54, 1.807) is 6.07 Å². The molecule has 0 saturated heterocycles. The summed E-state index contributed by atoms with van der Waals surface area (Å²) in [6.45, 7) is 0. The van der Waals surface area contributed by atoms with Gasteiger partial charge in [0.25, 0.3) is 0 Å². The van der Waals surface area contributed by atoms with Gasteiger partial charge in [-0.15, -0.1) is 0 Å². The number of H-pyrrole nitrogens is 1. The number of nitrogens with zero attached hydrogens (tertiary/aromatic N) is 1. The van der Waals surface area contributed by atoms with E-state index in [9.17, 15) is 28.3 Å². The van der Waals surface area contributed by atoms with Crippen LogP contribution in [0.3, 0.4) is 0 Å². The third-order valence-electron chi connectivity index (χ3n) is 3.15. The summed E-state index contributed by atoms with van der Waals surface area (Å²) in [6.07, 6.45) is -2.84. The van der Waals surface area contributed by atoms with Gasteiger partial charge in [0.15, 0.2) is 16.9 Å². The molecule has 1 aromatic heterocycles. The molecule has 0 spiro atoms. The van der Waals surface area contributed by atoms with Gasteiger partial charge in [0.1, 0.15) is 5.69 Å². The van der Waals surface area contributed by atoms with Gasteiger partial charge in [-0.1, -0.05) is 6.07 Å². The van der Waals surface area contributed by atoms with Gasteiger partial charge >= 0.3 is 6.18 Å². The number of aromatic hydroxyl groups is 1. The average molecular weight is 336 g/mol. The van der Waals surface area contributed by atoms with Crippen LogP contribution in [0, 0.1) is 11.3 Å². The molecule has 0 aliphatic heterocycles. The lowest BCUT2D eigenvalue weighted by atomic mass is 10.0. The van der Waals surface area contributed by atoms with Crippen LogP contribution in [-0.4, -0.2) is 17.2 Å². The molecule has 0 bridgehead atoms. The Balaban J connectivity index is 2.66. The van der Waals surface area contributed by atoms with Crippen LogP contribution in [0.4, 0.5) is 13.2 Å². The van der Waals surface area contributed by atoms with Gasteiger partial charge in [-0.05, 0) is 23.8 Å². The Morgan fingerprint density at radius 3 is 2.67 bits per heavy atom. The van der Waals surface area contributed by atoms with Crippen molar-refractivity contribution in [3.8, 4) is 17.6 Å². The number of phenols is 1. The number of rotatable bonds is 3. The van der Waals surface area contributed by atoms with Crippen LogP contribution in [0.1, 0.15) is 16.8 Å². The summed E-state index contributed by atoms with van der Waals surface area (Å²) in [5, 5.41) is 18.7. The molecule has 0 radical (unpaired) electrons. The molecule has 0 amide bonds. The highest BCUT2D eigenvalue weighted by atomic mass is 19.4. The second kappa shape index (κ2) is 6.50. The monoisotopic (exact) mass is 336 g/mol. The molecule has 0 atom stereocenters. The minimum atomic E-state index is -4.82. The molecule has 0 fully saturated rings. The number of halogens is 3. The molecule has 5 nitrogen and oxygen atoms in total. The molecule has 0 unspecified atom stereocenters. The predicted octanol–water partition coefficient (Wildman–Crippen LogP) is 3.17. The SMILES string of the molecule is COc1cc(/C=C(\C#N)c2c(C(F)(F)F)[nH]ccc2=O)ccc1O. The molecule has 2 aromatic rings. The van der Waals surface area contributed by atoms with Crippen LogP contribution >= 0.6 is 0 Å². The fourth-order valence-electron chi connectivity index (χ4n) is 2.08. The third kappa shape index (κ3) is 3.41. The number of nitrogens with one attached hydrogen (secondary N) is 1. The Hall–Kier alpha value is -3.21. The highest BCUT2D eigenvalue weighted by Crippen LogP contribution is 2.33. The summed E-state index contributed by atoms with van der Waals surface area (Å²) in [6, 6.07) is 6.49. The first-order valence-electron chi connectivity index (χ1n) is 6.56. The topological polar surface area (TPSA) is 86.1 Å². The van der Waals surface area contributed by atoms with Crippen molar-refractivity contribution in [2.45, 2.75) is 6.18 Å². The maximum atomic E-state index is 13.1. The zero-order valence-corrected chi connectivity index (χ0v) is 12.3. The number of allylic oxidation sites excluding steroid dienone is 1. The van der Waals surface area contributed by atoms with Gasteiger partial charge in [-0.25, -0.2) is 0 Å². The first kappa shape index (κ1) is 17.1. The fraction of sp³-hybridized carbons (Fsp3) is 0.125. The second-order valence-electron chi connectivity index (χ2n) is 4.69. The number of pyridine rings is 1. The lowest BCUT2D eigenvalue weighted by molar-refractivity contribution is -0.141. The smallest absolute Gasteiger partial charge is 0.432 e. The van der Waals surface area contributed by atoms with Gasteiger partial charge < -0.3 is 14.8 Å². The van der Waals surface area contributed by atoms with Crippen LogP contribution < -0.4 is 10.2 Å². The predicted molar refractivity (Wildman–Crippen MR) is 80.2 cm³/mol. The van der Waals surface area contributed by atoms with Gasteiger partial charge in [-0.2, -0.15) is 18.4 Å². The number of alkyl halides is 3. The Kier molecular flexibility index (Phi) is 4.64. The molecule has 1 aromatic carbocycles. The molecule has 1 heterocycles. The molecule has 2 N–H and O–H groups in total. The third-order valence-corrected chi connectivity index (χ3v) is 3.15. The van der Waals surface area contributed by atoms with E-state index < -0.39 is 28.4 Å². The van der Waals surface area contributed by atoms with Crippen LogP contribution in [0.5, 0.6) is 11.5 Å². The summed E-state index contributed by atoms with van der Waals surface area (Å²) >= 11 is 0. The van der Waals surface area contributed by atoms with Crippen LogP contribution in [0.25, 0.3) is 11.6 Å². The van der Waals surface area contributed by atoms with Crippen molar-refractivity contribution < 1.29 is 23.0 Å². The summed E-state index contributed by atoms with van der Waals surface area (Å²) in [5.74, 6) is -0.0826. The molecule has 8 heteroatoms. The van der Waals surface area contributed by atoms with E-state index in [0.29, 0.717) is 0 Å². The first-order valence-corrected chi connectivity index (χ1v) is 6.56. The number of hydrogen-bond donors (Lipinski definition) is 2. The van der Waals surface area contributed by atoms with Gasteiger partial charge in [0.05, 0.1) is 24.3 Å². The number of phenolic OH excluding ortho intramolecular Hbond substituents is 1. The molecule has 124 valence electrons. The second-order valence-corrected chi connectivity index (χ2v) is 4.69. The number of ether oxygens (including phenoxy) is 1. The summed E-state index contributed by atoms with van der Waals surface area (Å²) in [4.78, 5) is 13.8.